The maximum atomic E-state index is 12.4. The van der Waals surface area contributed by atoms with Crippen LogP contribution in [0.4, 0.5) is 5.69 Å². The van der Waals surface area contributed by atoms with Gasteiger partial charge in [-0.25, -0.2) is 4.31 Å². The Morgan fingerprint density at radius 2 is 2.23 bits per heavy atom. The van der Waals surface area contributed by atoms with E-state index in [2.05, 4.69) is 0 Å². The van der Waals surface area contributed by atoms with Crippen LogP contribution in [0, 0.1) is 21.4 Å². The van der Waals surface area contributed by atoms with Crippen molar-refractivity contribution in [3.63, 3.8) is 0 Å². The van der Waals surface area contributed by atoms with Crippen LogP contribution in [0.15, 0.2) is 28.7 Å². The number of hydrogen-bond acceptors (Lipinski definition) is 6. The molecule has 0 saturated heterocycles. The molecule has 0 aliphatic carbocycles. The van der Waals surface area contributed by atoms with Gasteiger partial charge < -0.3 is 0 Å². The van der Waals surface area contributed by atoms with Gasteiger partial charge in [0.25, 0.3) is 11.6 Å². The molecule has 0 bridgehead atoms. The molecule has 1 aromatic carbocycles. The first-order valence-electron chi connectivity index (χ1n) is 5.84. The van der Waals surface area contributed by atoms with Crippen LogP contribution in [-0.4, -0.2) is 30.8 Å². The second-order valence-electron chi connectivity index (χ2n) is 4.51. The third-order valence-electron chi connectivity index (χ3n) is 3.01. The van der Waals surface area contributed by atoms with Gasteiger partial charge in [-0.3, -0.25) is 24.0 Å². The number of carbonyl (C=O) groups is 1. The number of rotatable bonds is 3. The van der Waals surface area contributed by atoms with Crippen LogP contribution in [0.2, 0.25) is 5.02 Å². The van der Waals surface area contributed by atoms with Crippen LogP contribution in [-0.2, 0) is 0 Å². The topological polar surface area (TPSA) is 128 Å². The third kappa shape index (κ3) is 2.42. The highest BCUT2D eigenvalue weighted by atomic mass is 35.5. The Balaban J connectivity index is 2.63. The smallest absolute Gasteiger partial charge is 0.277 e. The molecule has 0 aromatic heterocycles. The lowest BCUT2D eigenvalue weighted by Crippen LogP contribution is -2.29. The first-order valence-corrected chi connectivity index (χ1v) is 7.72. The van der Waals surface area contributed by atoms with E-state index in [0.717, 1.165) is 18.2 Å². The highest BCUT2D eigenvalue weighted by Crippen LogP contribution is 2.62. The van der Waals surface area contributed by atoms with Gasteiger partial charge in [0.2, 0.25) is 0 Å². The summed E-state index contributed by atoms with van der Waals surface area (Å²) in [4.78, 5) is 22.1. The molecule has 0 spiro atoms. The van der Waals surface area contributed by atoms with Gasteiger partial charge in [0.05, 0.1) is 28.1 Å². The Labute approximate surface area is 131 Å². The van der Waals surface area contributed by atoms with E-state index in [-0.39, 0.29) is 17.1 Å². The van der Waals surface area contributed by atoms with Crippen molar-refractivity contribution in [3.8, 4) is 6.07 Å². The predicted octanol–water partition coefficient (Wildman–Crippen LogP) is 3.20. The number of nitrogens with zero attached hydrogens (tertiary/aromatic N) is 3. The largest absolute Gasteiger partial charge is 0.295 e. The monoisotopic (exact) mass is 343 g/mol. The standard InChI is InChI=1S/C12H10ClN3O5S/c1-7(4-5-14)6-15-12(17)10-8(13)2-3-9(16(18)19)11(10)22(15,20)21/h2-4,20-21H,6H2,1H3/b7-4+. The number of nitro benzene ring substituents is 1. The molecular formula is C12H10ClN3O5S. The number of benzene rings is 1. The molecule has 0 unspecified atom stereocenters. The van der Waals surface area contributed by atoms with Gasteiger partial charge >= 0.3 is 0 Å². The van der Waals surface area contributed by atoms with Crippen LogP contribution < -0.4 is 0 Å². The summed E-state index contributed by atoms with van der Waals surface area (Å²) in [6.07, 6.45) is 1.14. The van der Waals surface area contributed by atoms with Gasteiger partial charge in [0.1, 0.15) is 0 Å². The fourth-order valence-corrected chi connectivity index (χ4v) is 4.18. The summed E-state index contributed by atoms with van der Waals surface area (Å²) in [5.74, 6) is -0.825. The van der Waals surface area contributed by atoms with Crippen molar-refractivity contribution in [2.24, 2.45) is 0 Å². The number of nitro groups is 1. The van der Waals surface area contributed by atoms with E-state index >= 15 is 0 Å². The lowest BCUT2D eigenvalue weighted by atomic mass is 10.1. The van der Waals surface area contributed by atoms with Gasteiger partial charge in [0.15, 0.2) is 4.90 Å². The van der Waals surface area contributed by atoms with E-state index in [1.165, 1.54) is 6.92 Å². The van der Waals surface area contributed by atoms with Crippen LogP contribution >= 0.6 is 22.4 Å². The SMILES string of the molecule is C/C(=C\C#N)CN1C(=O)c2c(Cl)ccc([N+](=O)[O-])c2S1(O)O. The molecule has 0 saturated carbocycles. The molecule has 116 valence electrons. The Morgan fingerprint density at radius 1 is 1.59 bits per heavy atom. The van der Waals surface area contributed by atoms with Crippen molar-refractivity contribution in [1.82, 2.24) is 4.31 Å². The summed E-state index contributed by atoms with van der Waals surface area (Å²) < 4.78 is 21.3. The molecule has 0 fully saturated rings. The average Bonchev–Trinajstić information content (AvgIpc) is 2.61. The fourth-order valence-electron chi connectivity index (χ4n) is 2.06. The van der Waals surface area contributed by atoms with E-state index in [4.69, 9.17) is 16.9 Å². The molecule has 1 aliphatic rings. The number of carbonyl (C=O) groups excluding carboxylic acids is 1. The first-order chi connectivity index (χ1) is 10.2. The minimum Gasteiger partial charge on any atom is -0.277 e. The van der Waals surface area contributed by atoms with Crippen molar-refractivity contribution in [3.05, 3.63) is 44.5 Å². The first kappa shape index (κ1) is 16.3. The van der Waals surface area contributed by atoms with Crippen molar-refractivity contribution in [2.45, 2.75) is 11.8 Å². The van der Waals surface area contributed by atoms with Crippen molar-refractivity contribution in [2.75, 3.05) is 6.54 Å². The molecule has 8 nitrogen and oxygen atoms in total. The lowest BCUT2D eigenvalue weighted by Gasteiger charge is -2.36. The quantitative estimate of drug-likeness (QED) is 0.492. The van der Waals surface area contributed by atoms with Crippen LogP contribution in [0.5, 0.6) is 0 Å². The molecule has 2 rings (SSSR count). The minimum atomic E-state index is -3.90. The summed E-state index contributed by atoms with van der Waals surface area (Å²) in [6.45, 7) is 1.27. The molecule has 1 amide bonds. The molecular weight excluding hydrogens is 334 g/mol. The maximum absolute atomic E-state index is 12.4. The van der Waals surface area contributed by atoms with Crippen molar-refractivity contribution >= 4 is 34.0 Å². The predicted molar refractivity (Wildman–Crippen MR) is 79.6 cm³/mol. The maximum Gasteiger partial charge on any atom is 0.295 e. The van der Waals surface area contributed by atoms with E-state index in [1.54, 1.807) is 6.07 Å². The van der Waals surface area contributed by atoms with Gasteiger partial charge in [-0.05, 0) is 18.6 Å². The van der Waals surface area contributed by atoms with Gasteiger partial charge in [-0.1, -0.05) is 22.4 Å². The number of halogens is 1. The van der Waals surface area contributed by atoms with Crippen LogP contribution in [0.3, 0.4) is 0 Å². The van der Waals surface area contributed by atoms with Crippen molar-refractivity contribution < 1.29 is 18.8 Å². The number of allylic oxidation sites excluding steroid dienone is 1. The minimum absolute atomic E-state index is 0.102. The Morgan fingerprint density at radius 3 is 2.77 bits per heavy atom. The molecule has 1 aromatic rings. The Hall–Kier alpha value is -2.12. The molecule has 1 heterocycles. The summed E-state index contributed by atoms with van der Waals surface area (Å²) in [7, 11) is -3.90. The third-order valence-corrected chi connectivity index (χ3v) is 5.19. The van der Waals surface area contributed by atoms with Gasteiger partial charge in [0, 0.05) is 12.1 Å². The van der Waals surface area contributed by atoms with Gasteiger partial charge in [-0.2, -0.15) is 5.26 Å². The van der Waals surface area contributed by atoms with Crippen LogP contribution in [0.1, 0.15) is 17.3 Å². The summed E-state index contributed by atoms with van der Waals surface area (Å²) in [6, 6.07) is 3.94. The van der Waals surface area contributed by atoms with Crippen molar-refractivity contribution in [1.29, 1.82) is 5.26 Å². The highest BCUT2D eigenvalue weighted by Gasteiger charge is 2.47. The number of hydrogen-bond donors (Lipinski definition) is 2. The molecule has 0 atom stereocenters. The lowest BCUT2D eigenvalue weighted by molar-refractivity contribution is -0.387. The summed E-state index contributed by atoms with van der Waals surface area (Å²) >= 11 is 5.89. The normalized spacial score (nSPS) is 17.9. The van der Waals surface area contributed by atoms with E-state index in [1.807, 2.05) is 0 Å². The summed E-state index contributed by atoms with van der Waals surface area (Å²) in [5.41, 5.74) is -0.486. The fraction of sp³-hybridized carbons (Fsp3) is 0.167. The number of amides is 1. The molecule has 10 heteroatoms. The van der Waals surface area contributed by atoms with E-state index in [9.17, 15) is 24.0 Å². The second kappa shape index (κ2) is 5.58. The molecule has 0 radical (unpaired) electrons. The molecule has 2 N–H and O–H groups in total. The van der Waals surface area contributed by atoms with E-state index in [0.29, 0.717) is 9.88 Å². The van der Waals surface area contributed by atoms with Crippen LogP contribution in [0.25, 0.3) is 0 Å². The zero-order chi connectivity index (χ0) is 16.7. The van der Waals surface area contributed by atoms with E-state index < -0.39 is 32.2 Å². The average molecular weight is 344 g/mol. The Bertz CT molecular complexity index is 756. The summed E-state index contributed by atoms with van der Waals surface area (Å²) in [5, 5.41) is 19.5. The zero-order valence-electron chi connectivity index (χ0n) is 11.2. The zero-order valence-corrected chi connectivity index (χ0v) is 12.8. The second-order valence-corrected chi connectivity index (χ2v) is 6.80. The molecule has 1 aliphatic heterocycles. The highest BCUT2D eigenvalue weighted by molar-refractivity contribution is 8.23. The number of nitriles is 1. The van der Waals surface area contributed by atoms with Gasteiger partial charge in [-0.15, -0.1) is 0 Å². The number of fused-ring (bicyclic) bond motifs is 1. The molecule has 22 heavy (non-hydrogen) atoms. The Kier molecular flexibility index (Phi) is 4.12.